The van der Waals surface area contributed by atoms with Crippen LogP contribution in [0.1, 0.15) is 42.9 Å². The molecule has 0 radical (unpaired) electrons. The summed E-state index contributed by atoms with van der Waals surface area (Å²) in [5.41, 5.74) is 2.82. The van der Waals surface area contributed by atoms with Crippen molar-refractivity contribution in [3.05, 3.63) is 34.9 Å². The van der Waals surface area contributed by atoms with Crippen LogP contribution in [0.3, 0.4) is 0 Å². The topological polar surface area (TPSA) is 52.3 Å². The molecule has 1 aromatic rings. The minimum atomic E-state index is -4.89. The van der Waals surface area contributed by atoms with Crippen molar-refractivity contribution in [2.24, 2.45) is 11.7 Å². The number of hydrogen-bond donors (Lipinski definition) is 1. The van der Waals surface area contributed by atoms with Gasteiger partial charge in [-0.3, -0.25) is 4.79 Å². The largest absolute Gasteiger partial charge is 0.468 e. The third kappa shape index (κ3) is 6.19. The van der Waals surface area contributed by atoms with Gasteiger partial charge in [0.1, 0.15) is 6.04 Å². The van der Waals surface area contributed by atoms with E-state index in [0.717, 1.165) is 6.07 Å². The van der Waals surface area contributed by atoms with E-state index in [4.69, 9.17) is 5.73 Å². The summed E-state index contributed by atoms with van der Waals surface area (Å²) in [5, 5.41) is 0. The zero-order valence-corrected chi connectivity index (χ0v) is 14.4. The molecule has 0 spiro atoms. The smallest absolute Gasteiger partial charge is 0.416 e. The fourth-order valence-electron chi connectivity index (χ4n) is 2.69. The van der Waals surface area contributed by atoms with Gasteiger partial charge in [-0.15, -0.1) is 0 Å². The molecule has 0 aliphatic heterocycles. The number of carbonyl (C=O) groups is 1. The van der Waals surface area contributed by atoms with Gasteiger partial charge in [0.15, 0.2) is 0 Å². The quantitative estimate of drug-likeness (QED) is 0.552. The van der Waals surface area contributed by atoms with Crippen LogP contribution in [0.2, 0.25) is 0 Å². The summed E-state index contributed by atoms with van der Waals surface area (Å²) in [7, 11) is 1.18. The summed E-state index contributed by atoms with van der Waals surface area (Å²) in [6.07, 6.45) is -8.76. The first-order chi connectivity index (χ1) is 11.9. The second kappa shape index (κ2) is 8.75. The molecule has 0 aliphatic rings. The number of nitrogens with two attached hydrogens (primary N) is 1. The molecule has 0 bridgehead atoms. The molecule has 0 fully saturated rings. The van der Waals surface area contributed by atoms with Gasteiger partial charge in [0.05, 0.1) is 18.2 Å². The van der Waals surface area contributed by atoms with Gasteiger partial charge in [-0.25, -0.2) is 0 Å². The van der Waals surface area contributed by atoms with E-state index < -0.39 is 35.5 Å². The van der Waals surface area contributed by atoms with Crippen LogP contribution in [0.4, 0.5) is 26.3 Å². The SMILES string of the molecule is CCC(CCc1ccc(C(F)(F)F)cc1C(F)(F)F)CC(N)C(=O)OC. The fraction of sp³-hybridized carbons (Fsp3) is 0.588. The third-order valence-corrected chi connectivity index (χ3v) is 4.23. The lowest BCUT2D eigenvalue weighted by Crippen LogP contribution is -2.33. The van der Waals surface area contributed by atoms with Crippen LogP contribution in [0.5, 0.6) is 0 Å². The monoisotopic (exact) mass is 385 g/mol. The average molecular weight is 385 g/mol. The summed E-state index contributed by atoms with van der Waals surface area (Å²) in [6, 6.07) is 0.750. The Morgan fingerprint density at radius 1 is 1.15 bits per heavy atom. The van der Waals surface area contributed by atoms with Gasteiger partial charge in [0.2, 0.25) is 0 Å². The first-order valence-electron chi connectivity index (χ1n) is 8.00. The lowest BCUT2D eigenvalue weighted by atomic mass is 9.89. The number of benzene rings is 1. The number of alkyl halides is 6. The van der Waals surface area contributed by atoms with Crippen LogP contribution < -0.4 is 5.73 Å². The molecular weight excluding hydrogens is 364 g/mol. The normalized spacial score (nSPS) is 14.8. The molecule has 0 saturated carbocycles. The minimum absolute atomic E-state index is 0.0701. The van der Waals surface area contributed by atoms with Crippen LogP contribution in [0, 0.1) is 5.92 Å². The third-order valence-electron chi connectivity index (χ3n) is 4.23. The lowest BCUT2D eigenvalue weighted by molar-refractivity contribution is -0.144. The van der Waals surface area contributed by atoms with E-state index in [9.17, 15) is 31.1 Å². The second-order valence-corrected chi connectivity index (χ2v) is 6.05. The van der Waals surface area contributed by atoms with E-state index in [1.807, 2.05) is 0 Å². The van der Waals surface area contributed by atoms with E-state index in [-0.39, 0.29) is 36.8 Å². The van der Waals surface area contributed by atoms with E-state index in [2.05, 4.69) is 4.74 Å². The van der Waals surface area contributed by atoms with E-state index >= 15 is 0 Å². The highest BCUT2D eigenvalue weighted by Gasteiger charge is 2.38. The molecule has 3 nitrogen and oxygen atoms in total. The van der Waals surface area contributed by atoms with Crippen LogP contribution in [0.25, 0.3) is 0 Å². The van der Waals surface area contributed by atoms with Crippen molar-refractivity contribution >= 4 is 5.97 Å². The van der Waals surface area contributed by atoms with Gasteiger partial charge in [0.25, 0.3) is 0 Å². The predicted octanol–water partition coefficient (Wildman–Crippen LogP) is 4.57. The van der Waals surface area contributed by atoms with Crippen molar-refractivity contribution in [1.82, 2.24) is 0 Å². The molecule has 0 aromatic heterocycles. The maximum Gasteiger partial charge on any atom is 0.416 e. The van der Waals surface area contributed by atoms with Crippen LogP contribution >= 0.6 is 0 Å². The summed E-state index contributed by atoms with van der Waals surface area (Å²) in [6.45, 7) is 1.80. The van der Waals surface area contributed by atoms with Crippen LogP contribution in [-0.4, -0.2) is 19.1 Å². The predicted molar refractivity (Wildman–Crippen MR) is 83.2 cm³/mol. The number of methoxy groups -OCH3 is 1. The Morgan fingerprint density at radius 3 is 2.23 bits per heavy atom. The van der Waals surface area contributed by atoms with Gasteiger partial charge >= 0.3 is 18.3 Å². The van der Waals surface area contributed by atoms with Crippen molar-refractivity contribution in [1.29, 1.82) is 0 Å². The van der Waals surface area contributed by atoms with Gasteiger partial charge in [-0.05, 0) is 42.9 Å². The van der Waals surface area contributed by atoms with Gasteiger partial charge in [0, 0.05) is 0 Å². The number of ether oxygens (including phenoxy) is 1. The molecule has 0 amide bonds. The molecule has 2 atom stereocenters. The zero-order valence-electron chi connectivity index (χ0n) is 14.4. The van der Waals surface area contributed by atoms with Gasteiger partial charge < -0.3 is 10.5 Å². The number of halogens is 6. The van der Waals surface area contributed by atoms with Gasteiger partial charge in [-0.1, -0.05) is 19.4 Å². The molecule has 148 valence electrons. The summed E-state index contributed by atoms with van der Waals surface area (Å²) in [5.74, 6) is -0.776. The molecule has 0 aliphatic carbocycles. The molecule has 1 aromatic carbocycles. The molecule has 2 N–H and O–H groups in total. The Balaban J connectivity index is 2.96. The summed E-state index contributed by atoms with van der Waals surface area (Å²) < 4.78 is 82.0. The first kappa shape index (κ1) is 22.3. The molecule has 26 heavy (non-hydrogen) atoms. The number of hydrogen-bond acceptors (Lipinski definition) is 3. The second-order valence-electron chi connectivity index (χ2n) is 6.05. The van der Waals surface area contributed by atoms with Crippen molar-refractivity contribution in [3.63, 3.8) is 0 Å². The molecule has 9 heteroatoms. The maximum atomic E-state index is 13.1. The highest BCUT2D eigenvalue weighted by atomic mass is 19.4. The number of aryl methyl sites for hydroxylation is 1. The summed E-state index contributed by atoms with van der Waals surface area (Å²) in [4.78, 5) is 11.4. The van der Waals surface area contributed by atoms with Crippen LogP contribution in [0.15, 0.2) is 18.2 Å². The molecule has 0 heterocycles. The highest BCUT2D eigenvalue weighted by Crippen LogP contribution is 2.38. The first-order valence-corrected chi connectivity index (χ1v) is 8.00. The Morgan fingerprint density at radius 2 is 1.77 bits per heavy atom. The minimum Gasteiger partial charge on any atom is -0.468 e. The van der Waals surface area contributed by atoms with Crippen molar-refractivity contribution in [2.45, 2.75) is 51.0 Å². The lowest BCUT2D eigenvalue weighted by Gasteiger charge is -2.20. The maximum absolute atomic E-state index is 13.1. The molecular formula is C17H21F6NO2. The Hall–Kier alpha value is -1.77. The molecule has 1 rings (SSSR count). The fourth-order valence-corrected chi connectivity index (χ4v) is 2.69. The molecule has 2 unspecified atom stereocenters. The van der Waals surface area contributed by atoms with Crippen LogP contribution in [-0.2, 0) is 28.3 Å². The Bertz CT molecular complexity index is 612. The van der Waals surface area contributed by atoms with Gasteiger partial charge in [-0.2, -0.15) is 26.3 Å². The van der Waals surface area contributed by atoms with Crippen molar-refractivity contribution < 1.29 is 35.9 Å². The standard InChI is InChI=1S/C17H21F6NO2/c1-3-10(8-14(24)15(25)26-2)4-5-11-6-7-12(16(18,19)20)9-13(11)17(21,22)23/h6-7,9-10,14H,3-5,8,24H2,1-2H3. The number of esters is 1. The Labute approximate surface area is 147 Å². The highest BCUT2D eigenvalue weighted by molar-refractivity contribution is 5.75. The van der Waals surface area contributed by atoms with Crippen molar-refractivity contribution in [2.75, 3.05) is 7.11 Å². The number of carbonyl (C=O) groups excluding carboxylic acids is 1. The summed E-state index contributed by atoms with van der Waals surface area (Å²) >= 11 is 0. The van der Waals surface area contributed by atoms with E-state index in [0.29, 0.717) is 12.5 Å². The van der Waals surface area contributed by atoms with E-state index in [1.54, 1.807) is 6.92 Å². The molecule has 0 saturated heterocycles. The average Bonchev–Trinajstić information content (AvgIpc) is 2.55. The Kier molecular flexibility index (Phi) is 7.49. The zero-order chi connectivity index (χ0) is 20.1. The van der Waals surface area contributed by atoms with E-state index in [1.165, 1.54) is 7.11 Å². The van der Waals surface area contributed by atoms with Crippen molar-refractivity contribution in [3.8, 4) is 0 Å². The number of rotatable bonds is 7.